The second-order valence-corrected chi connectivity index (χ2v) is 4.77. The number of rotatable bonds is 3. The van der Waals surface area contributed by atoms with Crippen molar-refractivity contribution < 1.29 is 19.5 Å². The molecule has 1 fully saturated rings. The number of carboxylic acid groups (broad SMARTS) is 1. The lowest BCUT2D eigenvalue weighted by Crippen LogP contribution is -2.40. The first-order valence-corrected chi connectivity index (χ1v) is 5.64. The van der Waals surface area contributed by atoms with Crippen LogP contribution in [0.15, 0.2) is 18.2 Å². The third-order valence-electron chi connectivity index (χ3n) is 2.79. The highest BCUT2D eigenvalue weighted by Gasteiger charge is 2.44. The van der Waals surface area contributed by atoms with Crippen LogP contribution in [0.2, 0.25) is 0 Å². The maximum atomic E-state index is 12.0. The van der Waals surface area contributed by atoms with Gasteiger partial charge in [0.15, 0.2) is 0 Å². The Morgan fingerprint density at radius 2 is 2.11 bits per heavy atom. The zero-order chi connectivity index (χ0) is 14.2. The summed E-state index contributed by atoms with van der Waals surface area (Å²) >= 11 is 0. The number of carboxylic acids is 1. The zero-order valence-corrected chi connectivity index (χ0v) is 10.5. The van der Waals surface area contributed by atoms with Crippen LogP contribution in [-0.2, 0) is 11.3 Å². The molecule has 19 heavy (non-hydrogen) atoms. The molecular weight excluding hydrogens is 250 g/mol. The number of aromatic carboxylic acids is 1. The number of hydrogen-bond donors (Lipinski definition) is 2. The molecule has 7 heteroatoms. The van der Waals surface area contributed by atoms with E-state index in [0.29, 0.717) is 5.69 Å². The molecule has 0 aliphatic carbocycles. The van der Waals surface area contributed by atoms with Crippen molar-refractivity contribution in [3.8, 4) is 0 Å². The van der Waals surface area contributed by atoms with Crippen LogP contribution in [0.3, 0.4) is 0 Å². The second-order valence-electron chi connectivity index (χ2n) is 4.77. The van der Waals surface area contributed by atoms with Crippen molar-refractivity contribution in [1.29, 1.82) is 0 Å². The minimum absolute atomic E-state index is 0.0464. The van der Waals surface area contributed by atoms with Crippen LogP contribution in [0, 0.1) is 0 Å². The van der Waals surface area contributed by atoms with E-state index in [2.05, 4.69) is 10.3 Å². The average Bonchev–Trinajstić information content (AvgIpc) is 2.52. The van der Waals surface area contributed by atoms with Gasteiger partial charge in [0.1, 0.15) is 11.2 Å². The monoisotopic (exact) mass is 263 g/mol. The first kappa shape index (κ1) is 13.0. The molecule has 0 spiro atoms. The highest BCUT2D eigenvalue weighted by molar-refractivity contribution is 6.06. The van der Waals surface area contributed by atoms with E-state index in [9.17, 15) is 14.4 Å². The van der Waals surface area contributed by atoms with Gasteiger partial charge in [-0.05, 0) is 26.0 Å². The van der Waals surface area contributed by atoms with E-state index in [1.54, 1.807) is 19.9 Å². The van der Waals surface area contributed by atoms with Gasteiger partial charge < -0.3 is 10.4 Å². The SMILES string of the molecule is CC1(C)NC(=O)N(Cc2cccc(C(=O)O)n2)C1=O. The van der Waals surface area contributed by atoms with Gasteiger partial charge in [-0.1, -0.05) is 6.07 Å². The minimum atomic E-state index is -1.15. The van der Waals surface area contributed by atoms with Crippen molar-refractivity contribution in [3.05, 3.63) is 29.6 Å². The summed E-state index contributed by atoms with van der Waals surface area (Å²) in [5.41, 5.74) is -0.716. The Bertz CT molecular complexity index is 568. The average molecular weight is 263 g/mol. The molecule has 1 saturated heterocycles. The Balaban J connectivity index is 2.22. The Hall–Kier alpha value is -2.44. The fraction of sp³-hybridized carbons (Fsp3) is 0.333. The first-order valence-electron chi connectivity index (χ1n) is 5.64. The standard InChI is InChI=1S/C12H13N3O4/c1-12(2)10(18)15(11(19)14-12)6-7-4-3-5-8(13-7)9(16)17/h3-5H,6H2,1-2H3,(H,14,19)(H,16,17). The van der Waals surface area contributed by atoms with Crippen LogP contribution in [0.5, 0.6) is 0 Å². The summed E-state index contributed by atoms with van der Waals surface area (Å²) in [5, 5.41) is 11.4. The van der Waals surface area contributed by atoms with Crippen molar-refractivity contribution in [3.63, 3.8) is 0 Å². The van der Waals surface area contributed by atoms with Crippen molar-refractivity contribution in [1.82, 2.24) is 15.2 Å². The first-order chi connectivity index (χ1) is 8.81. The summed E-state index contributed by atoms with van der Waals surface area (Å²) < 4.78 is 0. The molecule has 0 unspecified atom stereocenters. The molecule has 1 aromatic rings. The number of aromatic nitrogens is 1. The summed E-state index contributed by atoms with van der Waals surface area (Å²) in [4.78, 5) is 39.3. The second kappa shape index (κ2) is 4.34. The molecule has 0 bridgehead atoms. The normalized spacial score (nSPS) is 17.5. The number of nitrogens with one attached hydrogen (secondary N) is 1. The number of carbonyl (C=O) groups excluding carboxylic acids is 2. The molecule has 2 N–H and O–H groups in total. The van der Waals surface area contributed by atoms with Gasteiger partial charge in [0.05, 0.1) is 12.2 Å². The van der Waals surface area contributed by atoms with Gasteiger partial charge >= 0.3 is 12.0 Å². The molecule has 1 aliphatic heterocycles. The number of imide groups is 1. The van der Waals surface area contributed by atoms with E-state index < -0.39 is 17.5 Å². The minimum Gasteiger partial charge on any atom is -0.477 e. The zero-order valence-electron chi connectivity index (χ0n) is 10.5. The smallest absolute Gasteiger partial charge is 0.354 e. The van der Waals surface area contributed by atoms with E-state index >= 15 is 0 Å². The molecule has 0 aromatic carbocycles. The van der Waals surface area contributed by atoms with Gasteiger partial charge in [-0.15, -0.1) is 0 Å². The van der Waals surface area contributed by atoms with Crippen LogP contribution in [0.25, 0.3) is 0 Å². The van der Waals surface area contributed by atoms with Crippen LogP contribution in [-0.4, -0.2) is 38.4 Å². The molecule has 100 valence electrons. The molecule has 7 nitrogen and oxygen atoms in total. The maximum absolute atomic E-state index is 12.0. The number of carbonyl (C=O) groups is 3. The predicted octanol–water partition coefficient (Wildman–Crippen LogP) is 0.610. The number of urea groups is 1. The van der Waals surface area contributed by atoms with Crippen molar-refractivity contribution in [2.24, 2.45) is 0 Å². The largest absolute Gasteiger partial charge is 0.477 e. The molecular formula is C12H13N3O4. The maximum Gasteiger partial charge on any atom is 0.354 e. The molecule has 2 rings (SSSR count). The topological polar surface area (TPSA) is 99.6 Å². The van der Waals surface area contributed by atoms with E-state index in [4.69, 9.17) is 5.11 Å². The molecule has 0 atom stereocenters. The molecule has 2 heterocycles. The van der Waals surface area contributed by atoms with Gasteiger partial charge in [-0.2, -0.15) is 0 Å². The van der Waals surface area contributed by atoms with Gasteiger partial charge in [0, 0.05) is 0 Å². The van der Waals surface area contributed by atoms with E-state index in [0.717, 1.165) is 4.90 Å². The summed E-state index contributed by atoms with van der Waals surface area (Å²) in [5.74, 6) is -1.51. The summed E-state index contributed by atoms with van der Waals surface area (Å²) in [6, 6.07) is 3.94. The van der Waals surface area contributed by atoms with E-state index in [-0.39, 0.29) is 18.1 Å². The fourth-order valence-corrected chi connectivity index (χ4v) is 1.81. The Kier molecular flexibility index (Phi) is 2.97. The lowest BCUT2D eigenvalue weighted by Gasteiger charge is -2.15. The summed E-state index contributed by atoms with van der Waals surface area (Å²) in [6.45, 7) is 3.16. The molecule has 3 amide bonds. The molecule has 1 aromatic heterocycles. The van der Waals surface area contributed by atoms with E-state index in [1.165, 1.54) is 12.1 Å². The summed E-state index contributed by atoms with van der Waals surface area (Å²) in [6.07, 6.45) is 0. The van der Waals surface area contributed by atoms with Gasteiger partial charge in [0.25, 0.3) is 5.91 Å². The highest BCUT2D eigenvalue weighted by atomic mass is 16.4. The third kappa shape index (κ3) is 2.40. The third-order valence-corrected chi connectivity index (χ3v) is 2.79. The van der Waals surface area contributed by atoms with Crippen LogP contribution in [0.4, 0.5) is 4.79 Å². The highest BCUT2D eigenvalue weighted by Crippen LogP contribution is 2.18. The quantitative estimate of drug-likeness (QED) is 0.778. The van der Waals surface area contributed by atoms with E-state index in [1.807, 2.05) is 0 Å². The number of nitrogens with zero attached hydrogens (tertiary/aromatic N) is 2. The summed E-state index contributed by atoms with van der Waals surface area (Å²) in [7, 11) is 0. The Labute approximate surface area is 109 Å². The van der Waals surface area contributed by atoms with Crippen LogP contribution < -0.4 is 5.32 Å². The number of pyridine rings is 1. The van der Waals surface area contributed by atoms with Crippen LogP contribution >= 0.6 is 0 Å². The number of hydrogen-bond acceptors (Lipinski definition) is 4. The van der Waals surface area contributed by atoms with Crippen molar-refractivity contribution >= 4 is 17.9 Å². The van der Waals surface area contributed by atoms with Gasteiger partial charge in [0.2, 0.25) is 0 Å². The van der Waals surface area contributed by atoms with Gasteiger partial charge in [-0.3, -0.25) is 9.69 Å². The Morgan fingerprint density at radius 1 is 1.42 bits per heavy atom. The predicted molar refractivity (Wildman–Crippen MR) is 64.4 cm³/mol. The van der Waals surface area contributed by atoms with Crippen LogP contribution in [0.1, 0.15) is 30.0 Å². The Morgan fingerprint density at radius 3 is 2.63 bits per heavy atom. The van der Waals surface area contributed by atoms with Crippen molar-refractivity contribution in [2.45, 2.75) is 25.9 Å². The fourth-order valence-electron chi connectivity index (χ4n) is 1.81. The molecule has 0 saturated carbocycles. The molecule has 0 radical (unpaired) electrons. The lowest BCUT2D eigenvalue weighted by molar-refractivity contribution is -0.130. The molecule has 1 aliphatic rings. The van der Waals surface area contributed by atoms with Crippen molar-refractivity contribution in [2.75, 3.05) is 0 Å². The van der Waals surface area contributed by atoms with Gasteiger partial charge in [-0.25, -0.2) is 14.6 Å². The number of amides is 3. The lowest BCUT2D eigenvalue weighted by atomic mass is 10.1.